The highest BCUT2D eigenvalue weighted by molar-refractivity contribution is 6.26. The summed E-state index contributed by atoms with van der Waals surface area (Å²) in [5.41, 5.74) is 9.40. The lowest BCUT2D eigenvalue weighted by atomic mass is 10.0. The molecule has 0 amide bonds. The van der Waals surface area contributed by atoms with E-state index >= 15 is 0 Å². The molecule has 9 heteroatoms. The normalized spacial score (nSPS) is 17.9. The number of anilines is 1. The minimum atomic E-state index is -0.124. The molecule has 0 bridgehead atoms. The van der Waals surface area contributed by atoms with Crippen LogP contribution in [0.5, 0.6) is 17.2 Å². The fraction of sp³-hybridized carbons (Fsp3) is 0.536. The van der Waals surface area contributed by atoms with E-state index in [0.29, 0.717) is 59.4 Å². The van der Waals surface area contributed by atoms with E-state index in [-0.39, 0.29) is 5.78 Å². The molecule has 0 saturated carbocycles. The van der Waals surface area contributed by atoms with Crippen LogP contribution in [0.15, 0.2) is 24.3 Å². The molecule has 0 spiro atoms. The first-order valence-electron chi connectivity index (χ1n) is 13.3. The number of rotatable bonds is 11. The lowest BCUT2D eigenvalue weighted by molar-refractivity contribution is 0.0322. The highest BCUT2D eigenvalue weighted by Gasteiger charge is 2.36. The molecule has 2 saturated heterocycles. The third-order valence-electron chi connectivity index (χ3n) is 7.04. The fourth-order valence-electron chi connectivity index (χ4n) is 5.03. The number of nitrogens with two attached hydrogens (primary N) is 1. The number of ketones is 1. The van der Waals surface area contributed by atoms with Gasteiger partial charge < -0.3 is 29.4 Å². The number of morpholine rings is 2. The molecule has 3 aliphatic rings. The van der Waals surface area contributed by atoms with E-state index in [0.717, 1.165) is 77.7 Å². The zero-order valence-corrected chi connectivity index (χ0v) is 21.6. The lowest BCUT2D eigenvalue weighted by Gasteiger charge is -2.26. The molecule has 9 nitrogen and oxygen atoms in total. The summed E-state index contributed by atoms with van der Waals surface area (Å²) < 4.78 is 29.4. The standard InChI is InChI=1S/C28H37N3O6/c1-2-12-35-22-19-23(37-18-11-31-8-15-34-16-9-31)27(29)26-25(22)24-20(28(26)32)4-3-5-21(24)36-17-10-30-6-13-33-14-7-30/h3-5,19H,2,6-18,29H2,1H3. The molecule has 0 unspecified atom stereocenters. The largest absolute Gasteiger partial charge is 0.493 e. The predicted octanol–water partition coefficient (Wildman–Crippen LogP) is 2.69. The van der Waals surface area contributed by atoms with Crippen molar-refractivity contribution in [3.63, 3.8) is 0 Å². The van der Waals surface area contributed by atoms with Gasteiger partial charge in [0, 0.05) is 62.0 Å². The molecule has 5 rings (SSSR count). The van der Waals surface area contributed by atoms with Gasteiger partial charge in [-0.3, -0.25) is 14.6 Å². The van der Waals surface area contributed by atoms with E-state index in [1.807, 2.05) is 24.3 Å². The van der Waals surface area contributed by atoms with Gasteiger partial charge in [-0.05, 0) is 12.5 Å². The first-order valence-corrected chi connectivity index (χ1v) is 13.3. The first kappa shape index (κ1) is 25.8. The quantitative estimate of drug-likeness (QED) is 0.390. The molecule has 37 heavy (non-hydrogen) atoms. The molecule has 2 heterocycles. The maximum atomic E-state index is 13.6. The van der Waals surface area contributed by atoms with Crippen molar-refractivity contribution >= 4 is 11.5 Å². The summed E-state index contributed by atoms with van der Waals surface area (Å²) in [6, 6.07) is 7.42. The molecule has 0 radical (unpaired) electrons. The highest BCUT2D eigenvalue weighted by atomic mass is 16.5. The third kappa shape index (κ3) is 5.70. The monoisotopic (exact) mass is 511 g/mol. The molecule has 1 aliphatic carbocycles. The van der Waals surface area contributed by atoms with Crippen LogP contribution in [0.2, 0.25) is 0 Å². The molecule has 0 atom stereocenters. The van der Waals surface area contributed by atoms with Crippen LogP contribution in [-0.2, 0) is 9.47 Å². The van der Waals surface area contributed by atoms with E-state index in [1.165, 1.54) is 0 Å². The second-order valence-electron chi connectivity index (χ2n) is 9.50. The zero-order valence-electron chi connectivity index (χ0n) is 21.6. The van der Waals surface area contributed by atoms with Crippen LogP contribution in [0, 0.1) is 0 Å². The molecule has 0 aromatic heterocycles. The Morgan fingerprint density at radius 1 is 0.784 bits per heavy atom. The average molecular weight is 512 g/mol. The molecule has 2 N–H and O–H groups in total. The fourth-order valence-corrected chi connectivity index (χ4v) is 5.03. The van der Waals surface area contributed by atoms with Crippen molar-refractivity contribution in [2.45, 2.75) is 13.3 Å². The predicted molar refractivity (Wildman–Crippen MR) is 141 cm³/mol. The Morgan fingerprint density at radius 3 is 2.00 bits per heavy atom. The summed E-state index contributed by atoms with van der Waals surface area (Å²) in [5, 5.41) is 0. The van der Waals surface area contributed by atoms with Crippen LogP contribution in [-0.4, -0.2) is 101 Å². The van der Waals surface area contributed by atoms with E-state index < -0.39 is 0 Å². The molecular weight excluding hydrogens is 474 g/mol. The van der Waals surface area contributed by atoms with Crippen molar-refractivity contribution in [1.82, 2.24) is 9.80 Å². The number of hydrogen-bond acceptors (Lipinski definition) is 9. The van der Waals surface area contributed by atoms with Crippen LogP contribution in [0.4, 0.5) is 5.69 Å². The van der Waals surface area contributed by atoms with Crippen molar-refractivity contribution in [3.05, 3.63) is 35.4 Å². The Labute approximate surface area is 218 Å². The van der Waals surface area contributed by atoms with E-state index in [4.69, 9.17) is 29.4 Å². The summed E-state index contributed by atoms with van der Waals surface area (Å²) in [6.07, 6.45) is 0.838. The molecule has 2 fully saturated rings. The minimum absolute atomic E-state index is 0.124. The lowest BCUT2D eigenvalue weighted by Crippen LogP contribution is -2.38. The Kier molecular flexibility index (Phi) is 8.45. The third-order valence-corrected chi connectivity index (χ3v) is 7.04. The second kappa shape index (κ2) is 12.1. The van der Waals surface area contributed by atoms with Gasteiger partial charge in [-0.15, -0.1) is 0 Å². The Morgan fingerprint density at radius 2 is 1.38 bits per heavy atom. The number of fused-ring (bicyclic) bond motifs is 3. The van der Waals surface area contributed by atoms with Crippen molar-refractivity contribution in [3.8, 4) is 28.4 Å². The molecule has 2 aromatic rings. The van der Waals surface area contributed by atoms with Gasteiger partial charge in [-0.2, -0.15) is 0 Å². The number of ether oxygens (including phenoxy) is 5. The summed E-state index contributed by atoms with van der Waals surface area (Å²) in [4.78, 5) is 18.2. The zero-order chi connectivity index (χ0) is 25.6. The van der Waals surface area contributed by atoms with Crippen molar-refractivity contribution in [2.75, 3.05) is 91.3 Å². The number of nitrogens with zero attached hydrogens (tertiary/aromatic N) is 2. The smallest absolute Gasteiger partial charge is 0.196 e. The first-order chi connectivity index (χ1) is 18.2. The van der Waals surface area contributed by atoms with Crippen LogP contribution in [0.3, 0.4) is 0 Å². The van der Waals surface area contributed by atoms with Crippen LogP contribution >= 0.6 is 0 Å². The Hall–Kier alpha value is -2.85. The molecule has 2 aliphatic heterocycles. The topological polar surface area (TPSA) is 95.7 Å². The van der Waals surface area contributed by atoms with Gasteiger partial charge >= 0.3 is 0 Å². The number of carbonyl (C=O) groups excluding carboxylic acids is 1. The van der Waals surface area contributed by atoms with Gasteiger partial charge in [0.2, 0.25) is 0 Å². The number of hydrogen-bond donors (Lipinski definition) is 1. The minimum Gasteiger partial charge on any atom is -0.493 e. The second-order valence-corrected chi connectivity index (χ2v) is 9.50. The SMILES string of the molecule is CCCOc1cc(OCCN2CCOCC2)c(N)c2c1-c1c(OCCN3CCOCC3)cccc1C2=O. The summed E-state index contributed by atoms with van der Waals surface area (Å²) in [6.45, 7) is 11.7. The van der Waals surface area contributed by atoms with Crippen LogP contribution in [0.1, 0.15) is 29.3 Å². The van der Waals surface area contributed by atoms with Gasteiger partial charge in [-0.1, -0.05) is 19.1 Å². The van der Waals surface area contributed by atoms with Crippen molar-refractivity contribution in [2.24, 2.45) is 0 Å². The summed E-state index contributed by atoms with van der Waals surface area (Å²) in [5.74, 6) is 1.62. The number of nitrogen functional groups attached to an aromatic ring is 1. The summed E-state index contributed by atoms with van der Waals surface area (Å²) in [7, 11) is 0. The Bertz CT molecular complexity index is 1100. The molecule has 2 aromatic carbocycles. The van der Waals surface area contributed by atoms with Crippen LogP contribution in [0.25, 0.3) is 11.1 Å². The van der Waals surface area contributed by atoms with Crippen LogP contribution < -0.4 is 19.9 Å². The van der Waals surface area contributed by atoms with Gasteiger partial charge in [0.15, 0.2) is 5.78 Å². The van der Waals surface area contributed by atoms with Gasteiger partial charge in [0.25, 0.3) is 0 Å². The maximum Gasteiger partial charge on any atom is 0.196 e. The van der Waals surface area contributed by atoms with Crippen molar-refractivity contribution < 1.29 is 28.5 Å². The van der Waals surface area contributed by atoms with E-state index in [9.17, 15) is 4.79 Å². The van der Waals surface area contributed by atoms with Crippen molar-refractivity contribution in [1.29, 1.82) is 0 Å². The van der Waals surface area contributed by atoms with Gasteiger partial charge in [0.05, 0.1) is 44.3 Å². The van der Waals surface area contributed by atoms with Gasteiger partial charge in [0.1, 0.15) is 30.5 Å². The van der Waals surface area contributed by atoms with Gasteiger partial charge in [-0.25, -0.2) is 0 Å². The highest BCUT2D eigenvalue weighted by Crippen LogP contribution is 2.52. The average Bonchev–Trinajstić information content (AvgIpc) is 3.24. The van der Waals surface area contributed by atoms with E-state index in [1.54, 1.807) is 0 Å². The number of benzene rings is 2. The van der Waals surface area contributed by atoms with E-state index in [2.05, 4.69) is 16.7 Å². The number of carbonyl (C=O) groups is 1. The maximum absolute atomic E-state index is 13.6. The Balaban J connectivity index is 1.39. The summed E-state index contributed by atoms with van der Waals surface area (Å²) >= 11 is 0. The molecular formula is C28H37N3O6. The molecule has 200 valence electrons.